The molecule has 2 aliphatic heterocycles. The lowest BCUT2D eigenvalue weighted by molar-refractivity contribution is -0.142. The Morgan fingerprint density at radius 1 is 1.43 bits per heavy atom. The van der Waals surface area contributed by atoms with Gasteiger partial charge in [0.2, 0.25) is 0 Å². The van der Waals surface area contributed by atoms with Crippen LogP contribution in [0.15, 0.2) is 23.5 Å². The van der Waals surface area contributed by atoms with Gasteiger partial charge in [0.25, 0.3) is 5.91 Å². The fraction of sp³-hybridized carbons (Fsp3) is 0.312. The quantitative estimate of drug-likeness (QED) is 0.675. The minimum atomic E-state index is -1.04. The lowest BCUT2D eigenvalue weighted by atomic mass is 9.94. The molecule has 2 aromatic heterocycles. The predicted octanol–water partition coefficient (Wildman–Crippen LogP) is 1.85. The Labute approximate surface area is 135 Å². The van der Waals surface area contributed by atoms with E-state index in [0.717, 1.165) is 23.5 Å². The number of carbonyl (C=O) groups is 2. The van der Waals surface area contributed by atoms with E-state index in [0.29, 0.717) is 12.0 Å². The second kappa shape index (κ2) is 4.32. The van der Waals surface area contributed by atoms with Gasteiger partial charge in [0, 0.05) is 22.3 Å². The first kappa shape index (κ1) is 13.1. The molecular formula is C16H13N3O3S. The van der Waals surface area contributed by atoms with Crippen molar-refractivity contribution in [3.05, 3.63) is 39.8 Å². The zero-order chi connectivity index (χ0) is 15.7. The SMILES string of the molecule is O=C(O)C1=CCC2C(=Cc3cn4c5c(sc4n3)CCC5)C(=O)N12. The second-order valence-corrected chi connectivity index (χ2v) is 7.13. The van der Waals surface area contributed by atoms with Crippen LogP contribution in [0.3, 0.4) is 0 Å². The Morgan fingerprint density at radius 2 is 2.30 bits per heavy atom. The largest absolute Gasteiger partial charge is 0.477 e. The molecule has 1 atom stereocenters. The lowest BCUT2D eigenvalue weighted by Crippen LogP contribution is -2.52. The van der Waals surface area contributed by atoms with Crippen molar-refractivity contribution in [2.45, 2.75) is 31.7 Å². The maximum absolute atomic E-state index is 12.2. The Morgan fingerprint density at radius 3 is 3.13 bits per heavy atom. The standard InChI is InChI=1S/C16H13N3O3S/c20-14-9(10-4-5-12(15(21)22)19(10)14)6-8-7-18-11-2-1-3-13(11)23-16(18)17-8/h5-7,10H,1-4H2,(H,21,22). The molecule has 1 unspecified atom stereocenters. The topological polar surface area (TPSA) is 74.9 Å². The van der Waals surface area contributed by atoms with Crippen molar-refractivity contribution in [3.8, 4) is 0 Å². The van der Waals surface area contributed by atoms with Crippen LogP contribution in [0.25, 0.3) is 11.0 Å². The van der Waals surface area contributed by atoms with Crippen molar-refractivity contribution in [2.75, 3.05) is 0 Å². The van der Waals surface area contributed by atoms with E-state index >= 15 is 0 Å². The van der Waals surface area contributed by atoms with Gasteiger partial charge in [-0.1, -0.05) is 6.08 Å². The molecule has 0 bridgehead atoms. The number of thiazole rings is 1. The molecule has 116 valence electrons. The van der Waals surface area contributed by atoms with E-state index in [1.807, 2.05) is 12.3 Å². The summed E-state index contributed by atoms with van der Waals surface area (Å²) in [6, 6.07) is -0.140. The average molecular weight is 327 g/mol. The van der Waals surface area contributed by atoms with Crippen LogP contribution in [-0.4, -0.2) is 37.3 Å². The van der Waals surface area contributed by atoms with Crippen LogP contribution in [0.2, 0.25) is 0 Å². The monoisotopic (exact) mass is 327 g/mol. The number of carboxylic acid groups (broad SMARTS) is 1. The van der Waals surface area contributed by atoms with Gasteiger partial charge < -0.3 is 5.11 Å². The van der Waals surface area contributed by atoms with Gasteiger partial charge in [-0.3, -0.25) is 14.1 Å². The van der Waals surface area contributed by atoms with Gasteiger partial charge in [0.05, 0.1) is 11.7 Å². The summed E-state index contributed by atoms with van der Waals surface area (Å²) in [6.45, 7) is 0. The van der Waals surface area contributed by atoms with Gasteiger partial charge in [0.15, 0.2) is 4.96 Å². The number of imidazole rings is 1. The molecule has 6 nitrogen and oxygen atoms in total. The van der Waals surface area contributed by atoms with Crippen molar-refractivity contribution in [3.63, 3.8) is 0 Å². The number of amides is 1. The number of β-lactam (4-membered cyclic amide) rings is 1. The maximum atomic E-state index is 12.2. The van der Waals surface area contributed by atoms with Crippen molar-refractivity contribution in [1.82, 2.24) is 14.3 Å². The number of carboxylic acids is 1. The van der Waals surface area contributed by atoms with Gasteiger partial charge in [-0.05, 0) is 31.8 Å². The molecule has 3 aliphatic rings. The van der Waals surface area contributed by atoms with Crippen LogP contribution < -0.4 is 0 Å². The fourth-order valence-corrected chi connectivity index (χ4v) is 4.92. The molecule has 1 aliphatic carbocycles. The van der Waals surface area contributed by atoms with Crippen LogP contribution in [-0.2, 0) is 22.4 Å². The molecule has 23 heavy (non-hydrogen) atoms. The van der Waals surface area contributed by atoms with Crippen molar-refractivity contribution in [2.24, 2.45) is 0 Å². The highest BCUT2D eigenvalue weighted by Crippen LogP contribution is 2.39. The summed E-state index contributed by atoms with van der Waals surface area (Å²) in [6.07, 6.45) is 9.40. The van der Waals surface area contributed by atoms with Gasteiger partial charge in [0.1, 0.15) is 5.70 Å². The first-order valence-corrected chi connectivity index (χ1v) is 8.43. The molecule has 0 saturated carbocycles. The highest BCUT2D eigenvalue weighted by Gasteiger charge is 2.48. The van der Waals surface area contributed by atoms with Crippen molar-refractivity contribution >= 4 is 34.3 Å². The Balaban J connectivity index is 1.48. The maximum Gasteiger partial charge on any atom is 0.352 e. The lowest BCUT2D eigenvalue weighted by Gasteiger charge is -2.38. The normalized spacial score (nSPS) is 24.1. The second-order valence-electron chi connectivity index (χ2n) is 6.06. The number of nitrogens with zero attached hydrogens (tertiary/aromatic N) is 3. The summed E-state index contributed by atoms with van der Waals surface area (Å²) in [4.78, 5) is 31.7. The van der Waals surface area contributed by atoms with Gasteiger partial charge >= 0.3 is 5.97 Å². The molecule has 1 saturated heterocycles. The molecule has 7 heteroatoms. The fourth-order valence-electron chi connectivity index (χ4n) is 3.73. The molecule has 1 fully saturated rings. The number of aromatic nitrogens is 2. The third kappa shape index (κ3) is 1.65. The van der Waals surface area contributed by atoms with Crippen LogP contribution in [0.5, 0.6) is 0 Å². The molecule has 4 heterocycles. The van der Waals surface area contributed by atoms with Gasteiger partial charge in [-0.15, -0.1) is 11.3 Å². The van der Waals surface area contributed by atoms with Crippen molar-refractivity contribution < 1.29 is 14.7 Å². The summed E-state index contributed by atoms with van der Waals surface area (Å²) in [5.74, 6) is -1.26. The molecule has 5 rings (SSSR count). The molecule has 1 amide bonds. The third-order valence-corrected chi connectivity index (χ3v) is 5.95. The number of hydrogen-bond acceptors (Lipinski definition) is 4. The van der Waals surface area contributed by atoms with Crippen LogP contribution >= 0.6 is 11.3 Å². The van der Waals surface area contributed by atoms with E-state index in [4.69, 9.17) is 5.11 Å². The molecule has 1 N–H and O–H groups in total. The van der Waals surface area contributed by atoms with Crippen molar-refractivity contribution in [1.29, 1.82) is 0 Å². The first-order chi connectivity index (χ1) is 11.1. The molecule has 0 radical (unpaired) electrons. The van der Waals surface area contributed by atoms with Gasteiger partial charge in [-0.25, -0.2) is 9.78 Å². The minimum Gasteiger partial charge on any atom is -0.477 e. The smallest absolute Gasteiger partial charge is 0.352 e. The number of hydrogen-bond donors (Lipinski definition) is 1. The highest BCUT2D eigenvalue weighted by atomic mass is 32.1. The Hall–Kier alpha value is -2.41. The van der Waals surface area contributed by atoms with E-state index < -0.39 is 5.97 Å². The van der Waals surface area contributed by atoms with E-state index in [1.54, 1.807) is 17.4 Å². The zero-order valence-corrected chi connectivity index (χ0v) is 13.0. The average Bonchev–Trinajstić information content (AvgIpc) is 3.23. The Kier molecular flexibility index (Phi) is 2.45. The van der Waals surface area contributed by atoms with E-state index in [2.05, 4.69) is 9.38 Å². The third-order valence-electron chi connectivity index (χ3n) is 4.79. The summed E-state index contributed by atoms with van der Waals surface area (Å²) < 4.78 is 2.13. The molecular weight excluding hydrogens is 314 g/mol. The summed E-state index contributed by atoms with van der Waals surface area (Å²) in [7, 11) is 0. The zero-order valence-electron chi connectivity index (χ0n) is 12.2. The predicted molar refractivity (Wildman–Crippen MR) is 84.0 cm³/mol. The van der Waals surface area contributed by atoms with E-state index in [1.165, 1.54) is 21.9 Å². The van der Waals surface area contributed by atoms with Crippen LogP contribution in [0.4, 0.5) is 0 Å². The molecule has 0 aromatic carbocycles. The van der Waals surface area contributed by atoms with Gasteiger partial charge in [-0.2, -0.15) is 0 Å². The van der Waals surface area contributed by atoms with Crippen LogP contribution in [0.1, 0.15) is 29.1 Å². The van der Waals surface area contributed by atoms with Crippen LogP contribution in [0, 0.1) is 0 Å². The number of aryl methyl sites for hydroxylation is 2. The van der Waals surface area contributed by atoms with E-state index in [9.17, 15) is 9.59 Å². The number of rotatable bonds is 2. The Bertz CT molecular complexity index is 949. The van der Waals surface area contributed by atoms with E-state index in [-0.39, 0.29) is 17.6 Å². The number of carbonyl (C=O) groups excluding carboxylic acids is 1. The summed E-state index contributed by atoms with van der Waals surface area (Å²) in [5, 5.41) is 9.09. The first-order valence-electron chi connectivity index (χ1n) is 7.62. The summed E-state index contributed by atoms with van der Waals surface area (Å²) >= 11 is 1.72. The summed E-state index contributed by atoms with van der Waals surface area (Å²) in [5.41, 5.74) is 2.87. The molecule has 2 aromatic rings. The minimum absolute atomic E-state index is 0.0980. The highest BCUT2D eigenvalue weighted by molar-refractivity contribution is 7.17. The number of fused-ring (bicyclic) bond motifs is 4. The molecule has 0 spiro atoms. The number of aliphatic carboxylic acids is 1.